The second kappa shape index (κ2) is 10.8. The summed E-state index contributed by atoms with van der Waals surface area (Å²) >= 11 is 3.27. The van der Waals surface area contributed by atoms with Gasteiger partial charge in [0.05, 0.1) is 24.2 Å². The smallest absolute Gasteiger partial charge is 0.165 e. The van der Waals surface area contributed by atoms with Gasteiger partial charge >= 0.3 is 0 Å². The predicted octanol–water partition coefficient (Wildman–Crippen LogP) is 7.87. The van der Waals surface area contributed by atoms with Gasteiger partial charge in [0.1, 0.15) is 21.4 Å². The number of hydrogen-bond donors (Lipinski definition) is 0. The minimum Gasteiger partial charge on any atom is -0.378 e. The van der Waals surface area contributed by atoms with E-state index in [4.69, 9.17) is 24.7 Å². The van der Waals surface area contributed by atoms with Crippen molar-refractivity contribution in [2.75, 3.05) is 31.2 Å². The fourth-order valence-electron chi connectivity index (χ4n) is 5.79. The average molecular weight is 624 g/mol. The van der Waals surface area contributed by atoms with E-state index in [9.17, 15) is 0 Å². The molecule has 0 spiro atoms. The summed E-state index contributed by atoms with van der Waals surface area (Å²) in [5, 5.41) is 1.95. The lowest BCUT2D eigenvalue weighted by molar-refractivity contribution is 0.122. The van der Waals surface area contributed by atoms with E-state index in [0.717, 1.165) is 96.4 Å². The van der Waals surface area contributed by atoms with Crippen molar-refractivity contribution in [1.82, 2.24) is 29.5 Å². The molecule has 0 atom stereocenters. The highest BCUT2D eigenvalue weighted by Gasteiger charge is 2.18. The molecule has 1 saturated heterocycles. The molecule has 1 fully saturated rings. The third-order valence-corrected chi connectivity index (χ3v) is 10.2. The second-order valence-electron chi connectivity index (χ2n) is 10.9. The van der Waals surface area contributed by atoms with Crippen LogP contribution in [0.1, 0.15) is 0 Å². The zero-order chi connectivity index (χ0) is 29.7. The van der Waals surface area contributed by atoms with Crippen molar-refractivity contribution >= 4 is 60.2 Å². The fourth-order valence-corrected chi connectivity index (χ4v) is 7.85. The van der Waals surface area contributed by atoms with Gasteiger partial charge in [-0.05, 0) is 54.6 Å². The zero-order valence-electron chi connectivity index (χ0n) is 24.0. The Hall–Kier alpha value is -5.03. The first-order valence-electron chi connectivity index (χ1n) is 14.8. The van der Waals surface area contributed by atoms with E-state index in [1.165, 1.54) is 5.69 Å². The van der Waals surface area contributed by atoms with Crippen LogP contribution in [-0.2, 0) is 4.74 Å². The van der Waals surface area contributed by atoms with Crippen LogP contribution in [0, 0.1) is 0 Å². The molecule has 1 aliphatic heterocycles. The van der Waals surface area contributed by atoms with Gasteiger partial charge in [0.25, 0.3) is 0 Å². The Bertz CT molecular complexity index is 2270. The van der Waals surface area contributed by atoms with Gasteiger partial charge in [0.2, 0.25) is 0 Å². The van der Waals surface area contributed by atoms with Crippen LogP contribution >= 0.6 is 22.7 Å². The number of rotatable bonds is 5. The summed E-state index contributed by atoms with van der Waals surface area (Å²) in [6.45, 7) is 3.42. The summed E-state index contributed by atoms with van der Waals surface area (Å²) in [5.41, 5.74) is 8.69. The highest BCUT2D eigenvalue weighted by molar-refractivity contribution is 7.29. The lowest BCUT2D eigenvalue weighted by atomic mass is 10.1. The molecule has 1 aliphatic rings. The predicted molar refractivity (Wildman–Crippen MR) is 182 cm³/mol. The van der Waals surface area contributed by atoms with Crippen molar-refractivity contribution in [2.45, 2.75) is 0 Å². The van der Waals surface area contributed by atoms with Crippen LogP contribution in [0.2, 0.25) is 0 Å². The van der Waals surface area contributed by atoms with E-state index in [1.807, 2.05) is 36.4 Å². The quantitative estimate of drug-likeness (QED) is 0.193. The van der Waals surface area contributed by atoms with E-state index in [-0.39, 0.29) is 0 Å². The van der Waals surface area contributed by atoms with Crippen molar-refractivity contribution in [3.63, 3.8) is 0 Å². The van der Waals surface area contributed by atoms with Gasteiger partial charge in [0, 0.05) is 47.4 Å². The number of pyridine rings is 2. The van der Waals surface area contributed by atoms with Gasteiger partial charge in [0.15, 0.2) is 15.3 Å². The Labute approximate surface area is 266 Å². The number of anilines is 1. The lowest BCUT2D eigenvalue weighted by Gasteiger charge is -2.28. The summed E-state index contributed by atoms with van der Waals surface area (Å²) in [6, 6.07) is 33.3. The third kappa shape index (κ3) is 4.74. The number of thiazole rings is 2. The van der Waals surface area contributed by atoms with Crippen LogP contribution in [0.3, 0.4) is 0 Å². The Morgan fingerprint density at radius 2 is 1.24 bits per heavy atom. The largest absolute Gasteiger partial charge is 0.378 e. The lowest BCUT2D eigenvalue weighted by Crippen LogP contribution is -2.36. The van der Waals surface area contributed by atoms with Crippen LogP contribution in [0.4, 0.5) is 5.69 Å². The normalized spacial score (nSPS) is 13.7. The van der Waals surface area contributed by atoms with Crippen molar-refractivity contribution in [3.05, 3.63) is 103 Å². The number of ether oxygens (including phenoxy) is 1. The summed E-state index contributed by atoms with van der Waals surface area (Å²) in [7, 11) is 0. The first-order valence-corrected chi connectivity index (χ1v) is 16.4. The molecule has 218 valence electrons. The highest BCUT2D eigenvalue weighted by atomic mass is 32.1. The molecule has 8 nitrogen and oxygen atoms in total. The van der Waals surface area contributed by atoms with Crippen molar-refractivity contribution in [2.24, 2.45) is 0 Å². The van der Waals surface area contributed by atoms with Crippen LogP contribution in [0.25, 0.3) is 70.1 Å². The number of nitrogens with zero attached hydrogens (tertiary/aromatic N) is 7. The van der Waals surface area contributed by atoms with Gasteiger partial charge < -0.3 is 9.64 Å². The first-order chi connectivity index (χ1) is 22.3. The number of morpholine rings is 1. The Balaban J connectivity index is 1.03. The standard InChI is InChI=1S/C35H25N7OS2/c1-2-5-26(6-3-1)42-30(38-29-21-28-27(37-31(29)42)7-4-16-36-28)22-8-10-23(11-9-22)32-39-34-35(44-32)40-33(45-34)24-12-14-25(15-13-24)41-17-19-43-20-18-41/h1-16,21H,17-20H2. The molecule has 3 aromatic carbocycles. The number of aromatic nitrogens is 6. The summed E-state index contributed by atoms with van der Waals surface area (Å²) in [5.74, 6) is 0.830. The topological polar surface area (TPSA) is 81.9 Å². The highest BCUT2D eigenvalue weighted by Crippen LogP contribution is 2.38. The van der Waals surface area contributed by atoms with Gasteiger partial charge in [-0.2, -0.15) is 0 Å². The second-order valence-corrected chi connectivity index (χ2v) is 12.8. The van der Waals surface area contributed by atoms with E-state index >= 15 is 0 Å². The van der Waals surface area contributed by atoms with Crippen LogP contribution in [-0.4, -0.2) is 55.8 Å². The van der Waals surface area contributed by atoms with Crippen LogP contribution in [0.15, 0.2) is 103 Å². The molecule has 9 rings (SSSR count). The number of fused-ring (bicyclic) bond motifs is 3. The van der Waals surface area contributed by atoms with Gasteiger partial charge in [-0.3, -0.25) is 9.55 Å². The molecule has 0 bridgehead atoms. The molecular formula is C35H25N7OS2. The molecule has 0 aliphatic carbocycles. The Morgan fingerprint density at radius 3 is 1.96 bits per heavy atom. The fraction of sp³-hybridized carbons (Fsp3) is 0.114. The van der Waals surface area contributed by atoms with E-state index in [1.54, 1.807) is 28.9 Å². The molecule has 0 radical (unpaired) electrons. The Kier molecular flexibility index (Phi) is 6.36. The van der Waals surface area contributed by atoms with Crippen molar-refractivity contribution in [1.29, 1.82) is 0 Å². The number of hydrogen-bond acceptors (Lipinski definition) is 9. The number of imidazole rings is 1. The van der Waals surface area contributed by atoms with E-state index < -0.39 is 0 Å². The molecule has 0 saturated carbocycles. The Morgan fingerprint density at radius 1 is 0.578 bits per heavy atom. The number of benzene rings is 3. The molecule has 10 heteroatoms. The summed E-state index contributed by atoms with van der Waals surface area (Å²) in [4.78, 5) is 28.7. The zero-order valence-corrected chi connectivity index (χ0v) is 25.6. The van der Waals surface area contributed by atoms with Crippen LogP contribution in [0.5, 0.6) is 0 Å². The van der Waals surface area contributed by atoms with Gasteiger partial charge in [-0.1, -0.05) is 65.1 Å². The molecule has 0 amide bonds. The monoisotopic (exact) mass is 623 g/mol. The first kappa shape index (κ1) is 26.4. The van der Waals surface area contributed by atoms with Crippen molar-refractivity contribution < 1.29 is 4.74 Å². The van der Waals surface area contributed by atoms with Crippen LogP contribution < -0.4 is 4.90 Å². The molecule has 45 heavy (non-hydrogen) atoms. The summed E-state index contributed by atoms with van der Waals surface area (Å²) < 4.78 is 7.61. The average Bonchev–Trinajstić information content (AvgIpc) is 3.80. The maximum atomic E-state index is 5.49. The number of para-hydroxylation sites is 1. The third-order valence-electron chi connectivity index (χ3n) is 8.07. The van der Waals surface area contributed by atoms with E-state index in [2.05, 4.69) is 75.1 Å². The molecule has 0 N–H and O–H groups in total. The minimum atomic E-state index is 0.781. The summed E-state index contributed by atoms with van der Waals surface area (Å²) in [6.07, 6.45) is 1.78. The van der Waals surface area contributed by atoms with Gasteiger partial charge in [-0.15, -0.1) is 0 Å². The SMILES string of the molecule is c1ccc(-n2c(-c3ccc(-c4nc5sc(-c6ccc(N7CCOCC7)cc6)nc5s4)cc3)nc3cc4ncccc4nc32)cc1. The molecule has 8 aromatic rings. The van der Waals surface area contributed by atoms with E-state index in [0.29, 0.717) is 0 Å². The molecule has 5 aromatic heterocycles. The minimum absolute atomic E-state index is 0.781. The van der Waals surface area contributed by atoms with Crippen molar-refractivity contribution in [3.8, 4) is 38.2 Å². The molecular weight excluding hydrogens is 599 g/mol. The maximum absolute atomic E-state index is 5.49. The van der Waals surface area contributed by atoms with Gasteiger partial charge in [-0.25, -0.2) is 19.9 Å². The molecule has 6 heterocycles. The molecule has 0 unspecified atom stereocenters. The maximum Gasteiger partial charge on any atom is 0.165 e.